The Morgan fingerprint density at radius 2 is 1.93 bits per heavy atom. The lowest BCUT2D eigenvalue weighted by Gasteiger charge is -2.13. The number of nitrogens with one attached hydrogen (secondary N) is 1. The van der Waals surface area contributed by atoms with Crippen molar-refractivity contribution in [2.24, 2.45) is 0 Å². The first kappa shape index (κ1) is 21.0. The van der Waals surface area contributed by atoms with Crippen LogP contribution in [0.25, 0.3) is 5.69 Å². The zero-order valence-corrected chi connectivity index (χ0v) is 16.5. The van der Waals surface area contributed by atoms with Crippen LogP contribution in [-0.2, 0) is 17.9 Å². The van der Waals surface area contributed by atoms with Gasteiger partial charge in [0.2, 0.25) is 0 Å². The van der Waals surface area contributed by atoms with Crippen LogP contribution in [0, 0.1) is 11.6 Å². The number of nitrogens with zero attached hydrogens (tertiary/aromatic N) is 2. The summed E-state index contributed by atoms with van der Waals surface area (Å²) in [7, 11) is 0. The number of halogens is 3. The van der Waals surface area contributed by atoms with Crippen molar-refractivity contribution in [2.75, 3.05) is 11.9 Å². The van der Waals surface area contributed by atoms with Gasteiger partial charge in [-0.3, -0.25) is 4.79 Å². The van der Waals surface area contributed by atoms with E-state index in [0.29, 0.717) is 31.5 Å². The Morgan fingerprint density at radius 1 is 1.17 bits per heavy atom. The Balaban J connectivity index is 1.80. The molecule has 29 heavy (non-hydrogen) atoms. The second-order valence-electron chi connectivity index (χ2n) is 6.36. The molecule has 5 nitrogen and oxygen atoms in total. The summed E-state index contributed by atoms with van der Waals surface area (Å²) in [6.07, 6.45) is 2.27. The van der Waals surface area contributed by atoms with E-state index in [2.05, 4.69) is 10.4 Å². The minimum Gasteiger partial charge on any atom is -0.378 e. The third-order valence-electron chi connectivity index (χ3n) is 4.25. The summed E-state index contributed by atoms with van der Waals surface area (Å²) in [6.45, 7) is 3.61. The molecule has 1 aromatic heterocycles. The van der Waals surface area contributed by atoms with Gasteiger partial charge in [-0.1, -0.05) is 42.8 Å². The molecule has 0 spiro atoms. The maximum absolute atomic E-state index is 14.0. The molecule has 1 heterocycles. The highest BCUT2D eigenvalue weighted by atomic mass is 35.5. The average molecular weight is 420 g/mol. The van der Waals surface area contributed by atoms with Crippen LogP contribution in [0.3, 0.4) is 0 Å². The predicted octanol–water partition coefficient (Wildman–Crippen LogP) is 4.70. The fraction of sp³-hybridized carbons (Fsp3) is 0.238. The molecule has 0 saturated heterocycles. The summed E-state index contributed by atoms with van der Waals surface area (Å²) >= 11 is 6.18. The Kier molecular flexibility index (Phi) is 6.95. The van der Waals surface area contributed by atoms with Gasteiger partial charge in [-0.25, -0.2) is 8.78 Å². The fourth-order valence-electron chi connectivity index (χ4n) is 2.77. The van der Waals surface area contributed by atoms with E-state index >= 15 is 0 Å². The minimum atomic E-state index is -0.905. The number of hydrogen-bond donors (Lipinski definition) is 1. The van der Waals surface area contributed by atoms with Crippen molar-refractivity contribution in [3.05, 3.63) is 86.8 Å². The lowest BCUT2D eigenvalue weighted by Crippen LogP contribution is -2.23. The Hall–Kier alpha value is -2.77. The predicted molar refractivity (Wildman–Crippen MR) is 108 cm³/mol. The smallest absolute Gasteiger partial charge is 0.292 e. The van der Waals surface area contributed by atoms with E-state index in [4.69, 9.17) is 16.3 Å². The van der Waals surface area contributed by atoms with Crippen LogP contribution in [-0.4, -0.2) is 16.4 Å². The topological polar surface area (TPSA) is 56.1 Å². The molecule has 0 amide bonds. The van der Waals surface area contributed by atoms with Crippen LogP contribution in [0.15, 0.2) is 53.5 Å². The molecule has 0 unspecified atom stereocenters. The first-order valence-corrected chi connectivity index (χ1v) is 9.50. The largest absolute Gasteiger partial charge is 0.378 e. The second kappa shape index (κ2) is 9.62. The van der Waals surface area contributed by atoms with Crippen LogP contribution < -0.4 is 10.9 Å². The Morgan fingerprint density at radius 3 is 2.66 bits per heavy atom. The van der Waals surface area contributed by atoms with E-state index in [0.717, 1.165) is 34.4 Å². The molecule has 0 saturated carbocycles. The number of anilines is 1. The van der Waals surface area contributed by atoms with Gasteiger partial charge in [-0.15, -0.1) is 0 Å². The highest BCUT2D eigenvalue weighted by Crippen LogP contribution is 2.20. The van der Waals surface area contributed by atoms with Crippen molar-refractivity contribution >= 4 is 17.3 Å². The molecule has 0 fully saturated rings. The molecule has 0 radical (unpaired) electrons. The quantitative estimate of drug-likeness (QED) is 0.537. The van der Waals surface area contributed by atoms with Gasteiger partial charge in [0.05, 0.1) is 18.5 Å². The summed E-state index contributed by atoms with van der Waals surface area (Å²) in [5, 5.41) is 6.92. The molecule has 0 bridgehead atoms. The van der Waals surface area contributed by atoms with E-state index in [1.807, 2.05) is 31.2 Å². The number of hydrogen-bond acceptors (Lipinski definition) is 4. The molecule has 0 aliphatic heterocycles. The van der Waals surface area contributed by atoms with Crippen LogP contribution in [0.5, 0.6) is 0 Å². The van der Waals surface area contributed by atoms with Gasteiger partial charge < -0.3 is 10.1 Å². The lowest BCUT2D eigenvalue weighted by atomic mass is 10.1. The zero-order valence-electron chi connectivity index (χ0n) is 15.8. The maximum Gasteiger partial charge on any atom is 0.292 e. The normalized spacial score (nSPS) is 10.9. The van der Waals surface area contributed by atoms with E-state index in [9.17, 15) is 13.6 Å². The molecule has 0 aliphatic carbocycles. The number of benzene rings is 2. The van der Waals surface area contributed by atoms with Gasteiger partial charge in [-0.2, -0.15) is 9.78 Å². The Labute approximate surface area is 171 Å². The number of rotatable bonds is 8. The third-order valence-corrected chi connectivity index (χ3v) is 4.62. The number of ether oxygens (including phenoxy) is 1. The molecule has 3 aromatic rings. The molecule has 0 aliphatic rings. The molecule has 3 rings (SSSR count). The molecule has 152 valence electrons. The van der Waals surface area contributed by atoms with Gasteiger partial charge in [0, 0.05) is 19.2 Å². The summed E-state index contributed by atoms with van der Waals surface area (Å²) in [5.41, 5.74) is 1.46. The first-order chi connectivity index (χ1) is 14.0. The van der Waals surface area contributed by atoms with Crippen molar-refractivity contribution < 1.29 is 13.5 Å². The molecule has 1 N–H and O–H groups in total. The second-order valence-corrected chi connectivity index (χ2v) is 6.74. The summed E-state index contributed by atoms with van der Waals surface area (Å²) in [5.74, 6) is -1.65. The third kappa shape index (κ3) is 4.99. The summed E-state index contributed by atoms with van der Waals surface area (Å²) in [6, 6.07) is 10.6. The van der Waals surface area contributed by atoms with Crippen molar-refractivity contribution in [3.8, 4) is 5.69 Å². The van der Waals surface area contributed by atoms with Gasteiger partial charge in [0.15, 0.2) is 5.82 Å². The zero-order chi connectivity index (χ0) is 20.8. The van der Waals surface area contributed by atoms with Crippen LogP contribution >= 0.6 is 11.6 Å². The van der Waals surface area contributed by atoms with Gasteiger partial charge in [-0.05, 0) is 29.7 Å². The molecule has 8 heteroatoms. The van der Waals surface area contributed by atoms with Crippen LogP contribution in [0.2, 0.25) is 5.02 Å². The number of aromatic nitrogens is 2. The molecule has 2 aromatic carbocycles. The van der Waals surface area contributed by atoms with Crippen molar-refractivity contribution in [3.63, 3.8) is 0 Å². The van der Waals surface area contributed by atoms with Crippen molar-refractivity contribution in [1.29, 1.82) is 0 Å². The minimum absolute atomic E-state index is 0.136. The Bertz CT molecular complexity index is 1060. The summed E-state index contributed by atoms with van der Waals surface area (Å²) < 4.78 is 33.5. The van der Waals surface area contributed by atoms with Crippen LogP contribution in [0.4, 0.5) is 14.5 Å². The molecular weight excluding hydrogens is 400 g/mol. The summed E-state index contributed by atoms with van der Waals surface area (Å²) in [4.78, 5) is 12.5. The van der Waals surface area contributed by atoms with Gasteiger partial charge in [0.25, 0.3) is 5.56 Å². The average Bonchev–Trinajstić information content (AvgIpc) is 2.71. The van der Waals surface area contributed by atoms with Gasteiger partial charge in [0.1, 0.15) is 16.5 Å². The van der Waals surface area contributed by atoms with Crippen molar-refractivity contribution in [2.45, 2.75) is 26.5 Å². The highest BCUT2D eigenvalue weighted by molar-refractivity contribution is 6.32. The van der Waals surface area contributed by atoms with Crippen molar-refractivity contribution in [1.82, 2.24) is 9.78 Å². The monoisotopic (exact) mass is 419 g/mol. The highest BCUT2D eigenvalue weighted by Gasteiger charge is 2.14. The maximum atomic E-state index is 14.0. The fourth-order valence-corrected chi connectivity index (χ4v) is 2.96. The van der Waals surface area contributed by atoms with Crippen LogP contribution in [0.1, 0.15) is 24.5 Å². The standard InChI is InChI=1S/C21H20ClF2N3O2/c1-2-9-29-13-15-6-4-3-5-14(15)11-25-18-12-26-27(21(28)20(18)22)19-8-7-16(23)10-17(19)24/h3-8,10,12,25H,2,9,11,13H2,1H3. The SMILES string of the molecule is CCCOCc1ccccc1CNc1cnn(-c2ccc(F)cc2F)c(=O)c1Cl. The van der Waals surface area contributed by atoms with E-state index in [-0.39, 0.29) is 10.7 Å². The van der Waals surface area contributed by atoms with E-state index in [1.54, 1.807) is 0 Å². The van der Waals surface area contributed by atoms with E-state index in [1.165, 1.54) is 6.20 Å². The molecule has 0 atom stereocenters. The lowest BCUT2D eigenvalue weighted by molar-refractivity contribution is 0.121. The first-order valence-electron chi connectivity index (χ1n) is 9.13. The van der Waals surface area contributed by atoms with Gasteiger partial charge >= 0.3 is 0 Å². The van der Waals surface area contributed by atoms with E-state index < -0.39 is 17.2 Å². The molecular formula is C21H20ClF2N3O2.